The molecule has 0 aliphatic carbocycles. The summed E-state index contributed by atoms with van der Waals surface area (Å²) in [7, 11) is 1.75. The molecular formula is C15H23NO. The summed E-state index contributed by atoms with van der Waals surface area (Å²) in [5.74, 6) is 1.65. The summed E-state index contributed by atoms with van der Waals surface area (Å²) < 4.78 is 5.48. The maximum atomic E-state index is 5.48. The van der Waals surface area contributed by atoms with Crippen LogP contribution in [0.25, 0.3) is 0 Å². The predicted octanol–water partition coefficient (Wildman–Crippen LogP) is 3.09. The Morgan fingerprint density at radius 3 is 2.29 bits per heavy atom. The SMILES string of the molecule is COc1c(C)cc(C2CNC2(C)C)c(C)c1C. The van der Waals surface area contributed by atoms with E-state index in [1.165, 1.54) is 22.3 Å². The smallest absolute Gasteiger partial charge is 0.124 e. The molecule has 1 aromatic carbocycles. The van der Waals surface area contributed by atoms with Gasteiger partial charge in [0, 0.05) is 18.0 Å². The number of rotatable bonds is 2. The Kier molecular flexibility index (Phi) is 2.94. The quantitative estimate of drug-likeness (QED) is 0.847. The molecule has 1 aliphatic heterocycles. The van der Waals surface area contributed by atoms with Crippen LogP contribution in [0.4, 0.5) is 0 Å². The average Bonchev–Trinajstić information content (AvgIpc) is 2.25. The molecule has 0 amide bonds. The third-order valence-corrected chi connectivity index (χ3v) is 4.28. The van der Waals surface area contributed by atoms with Gasteiger partial charge in [0.2, 0.25) is 0 Å². The number of ether oxygens (including phenoxy) is 1. The van der Waals surface area contributed by atoms with Crippen LogP contribution in [0.5, 0.6) is 5.75 Å². The van der Waals surface area contributed by atoms with Gasteiger partial charge in [0.25, 0.3) is 0 Å². The fraction of sp³-hybridized carbons (Fsp3) is 0.600. The van der Waals surface area contributed by atoms with Gasteiger partial charge in [-0.3, -0.25) is 0 Å². The summed E-state index contributed by atoms with van der Waals surface area (Å²) in [5.41, 5.74) is 5.60. The minimum Gasteiger partial charge on any atom is -0.496 e. The molecule has 0 spiro atoms. The Morgan fingerprint density at radius 2 is 1.88 bits per heavy atom. The molecule has 2 heteroatoms. The van der Waals surface area contributed by atoms with Crippen LogP contribution in [0.15, 0.2) is 6.07 Å². The first kappa shape index (κ1) is 12.4. The second-order valence-electron chi connectivity index (χ2n) is 5.72. The van der Waals surface area contributed by atoms with Gasteiger partial charge in [-0.2, -0.15) is 0 Å². The number of methoxy groups -OCH3 is 1. The minimum atomic E-state index is 0.220. The molecule has 0 saturated carbocycles. The molecule has 0 aromatic heterocycles. The number of nitrogens with one attached hydrogen (secondary N) is 1. The lowest BCUT2D eigenvalue weighted by molar-refractivity contribution is 0.207. The molecule has 1 aliphatic rings. The van der Waals surface area contributed by atoms with Crippen LogP contribution in [0, 0.1) is 20.8 Å². The van der Waals surface area contributed by atoms with Crippen molar-refractivity contribution in [1.29, 1.82) is 0 Å². The highest BCUT2D eigenvalue weighted by atomic mass is 16.5. The van der Waals surface area contributed by atoms with Gasteiger partial charge in [0.05, 0.1) is 7.11 Å². The largest absolute Gasteiger partial charge is 0.496 e. The first-order chi connectivity index (χ1) is 7.88. The van der Waals surface area contributed by atoms with Crippen LogP contribution < -0.4 is 10.1 Å². The van der Waals surface area contributed by atoms with Crippen LogP contribution in [-0.2, 0) is 0 Å². The predicted molar refractivity (Wildman–Crippen MR) is 72.0 cm³/mol. The van der Waals surface area contributed by atoms with E-state index in [4.69, 9.17) is 4.74 Å². The molecule has 1 aromatic rings. The third kappa shape index (κ3) is 1.85. The summed E-state index contributed by atoms with van der Waals surface area (Å²) in [6.07, 6.45) is 0. The van der Waals surface area contributed by atoms with Crippen molar-refractivity contribution < 1.29 is 4.74 Å². The van der Waals surface area contributed by atoms with Crippen molar-refractivity contribution in [1.82, 2.24) is 5.32 Å². The first-order valence-corrected chi connectivity index (χ1v) is 6.28. The summed E-state index contributed by atoms with van der Waals surface area (Å²) in [5, 5.41) is 3.50. The van der Waals surface area contributed by atoms with Crippen molar-refractivity contribution in [3.8, 4) is 5.75 Å². The van der Waals surface area contributed by atoms with Gasteiger partial charge in [0.15, 0.2) is 0 Å². The molecule has 17 heavy (non-hydrogen) atoms. The highest BCUT2D eigenvalue weighted by Gasteiger charge is 2.40. The summed E-state index contributed by atoms with van der Waals surface area (Å²) in [6.45, 7) is 12.1. The minimum absolute atomic E-state index is 0.220. The Morgan fingerprint density at radius 1 is 1.24 bits per heavy atom. The van der Waals surface area contributed by atoms with E-state index in [1.807, 2.05) is 0 Å². The maximum absolute atomic E-state index is 5.48. The van der Waals surface area contributed by atoms with E-state index in [0.717, 1.165) is 12.3 Å². The van der Waals surface area contributed by atoms with Gasteiger partial charge in [-0.25, -0.2) is 0 Å². The van der Waals surface area contributed by atoms with Crippen molar-refractivity contribution in [3.05, 3.63) is 28.3 Å². The molecule has 94 valence electrons. The molecular weight excluding hydrogens is 210 g/mol. The Hall–Kier alpha value is -1.02. The van der Waals surface area contributed by atoms with Crippen LogP contribution >= 0.6 is 0 Å². The average molecular weight is 233 g/mol. The normalized spacial score (nSPS) is 22.1. The van der Waals surface area contributed by atoms with E-state index in [-0.39, 0.29) is 5.54 Å². The van der Waals surface area contributed by atoms with Crippen LogP contribution in [-0.4, -0.2) is 19.2 Å². The molecule has 0 bridgehead atoms. The molecule has 1 unspecified atom stereocenters. The second kappa shape index (κ2) is 4.02. The number of hydrogen-bond donors (Lipinski definition) is 1. The zero-order chi connectivity index (χ0) is 12.8. The monoisotopic (exact) mass is 233 g/mol. The number of aryl methyl sites for hydroxylation is 1. The Bertz CT molecular complexity index is 449. The van der Waals surface area contributed by atoms with Gasteiger partial charge in [-0.1, -0.05) is 6.07 Å². The standard InChI is InChI=1S/C15H23NO/c1-9-7-12(13-8-16-15(13,4)5)10(2)11(3)14(9)17-6/h7,13,16H,8H2,1-6H3. The van der Waals surface area contributed by atoms with Gasteiger partial charge in [0.1, 0.15) is 5.75 Å². The molecule has 1 saturated heterocycles. The highest BCUT2D eigenvalue weighted by Crippen LogP contribution is 2.40. The third-order valence-electron chi connectivity index (χ3n) is 4.28. The summed E-state index contributed by atoms with van der Waals surface area (Å²) in [4.78, 5) is 0. The van der Waals surface area contributed by atoms with Crippen molar-refractivity contribution >= 4 is 0 Å². The van der Waals surface area contributed by atoms with E-state index in [1.54, 1.807) is 7.11 Å². The molecule has 1 fully saturated rings. The molecule has 2 nitrogen and oxygen atoms in total. The zero-order valence-corrected chi connectivity index (χ0v) is 11.8. The molecule has 0 radical (unpaired) electrons. The second-order valence-corrected chi connectivity index (χ2v) is 5.72. The fourth-order valence-electron chi connectivity index (χ4n) is 2.88. The fourth-order valence-corrected chi connectivity index (χ4v) is 2.88. The van der Waals surface area contributed by atoms with Crippen molar-refractivity contribution in [3.63, 3.8) is 0 Å². The lowest BCUT2D eigenvalue weighted by atomic mass is 9.73. The van der Waals surface area contributed by atoms with Gasteiger partial charge >= 0.3 is 0 Å². The van der Waals surface area contributed by atoms with E-state index < -0.39 is 0 Å². The van der Waals surface area contributed by atoms with Crippen molar-refractivity contribution in [2.24, 2.45) is 0 Å². The maximum Gasteiger partial charge on any atom is 0.124 e. The lowest BCUT2D eigenvalue weighted by Crippen LogP contribution is -2.59. The lowest BCUT2D eigenvalue weighted by Gasteiger charge is -2.47. The summed E-state index contributed by atoms with van der Waals surface area (Å²) in [6, 6.07) is 2.30. The van der Waals surface area contributed by atoms with Gasteiger partial charge in [-0.15, -0.1) is 0 Å². The molecule has 1 heterocycles. The Labute approximate surface area is 104 Å². The van der Waals surface area contributed by atoms with E-state index in [9.17, 15) is 0 Å². The topological polar surface area (TPSA) is 21.3 Å². The van der Waals surface area contributed by atoms with Gasteiger partial charge in [-0.05, 0) is 56.9 Å². The van der Waals surface area contributed by atoms with Crippen LogP contribution in [0.2, 0.25) is 0 Å². The summed E-state index contributed by atoms with van der Waals surface area (Å²) >= 11 is 0. The molecule has 1 atom stereocenters. The molecule has 1 N–H and O–H groups in total. The van der Waals surface area contributed by atoms with E-state index >= 15 is 0 Å². The van der Waals surface area contributed by atoms with Crippen molar-refractivity contribution in [2.75, 3.05) is 13.7 Å². The molecule has 2 rings (SSSR count). The van der Waals surface area contributed by atoms with Crippen LogP contribution in [0.3, 0.4) is 0 Å². The van der Waals surface area contributed by atoms with E-state index in [0.29, 0.717) is 5.92 Å². The first-order valence-electron chi connectivity index (χ1n) is 6.28. The zero-order valence-electron chi connectivity index (χ0n) is 11.8. The highest BCUT2D eigenvalue weighted by molar-refractivity contribution is 5.51. The van der Waals surface area contributed by atoms with E-state index in [2.05, 4.69) is 46.0 Å². The Balaban J connectivity index is 2.50. The number of benzene rings is 1. The van der Waals surface area contributed by atoms with Gasteiger partial charge < -0.3 is 10.1 Å². The number of hydrogen-bond acceptors (Lipinski definition) is 2. The van der Waals surface area contributed by atoms with Crippen LogP contribution in [0.1, 0.15) is 42.0 Å². The van der Waals surface area contributed by atoms with Crippen molar-refractivity contribution in [2.45, 2.75) is 46.1 Å².